The zero-order valence-electron chi connectivity index (χ0n) is 11.6. The molecule has 0 saturated carbocycles. The molecule has 0 saturated heterocycles. The van der Waals surface area contributed by atoms with E-state index >= 15 is 0 Å². The molecule has 0 radical (unpaired) electrons. The monoisotopic (exact) mass is 274 g/mol. The zero-order valence-corrected chi connectivity index (χ0v) is 11.6. The van der Waals surface area contributed by atoms with Crippen molar-refractivity contribution < 1.29 is 13.9 Å². The van der Waals surface area contributed by atoms with Crippen LogP contribution in [-0.2, 0) is 11.3 Å². The summed E-state index contributed by atoms with van der Waals surface area (Å²) in [7, 11) is 1.71. The van der Waals surface area contributed by atoms with E-state index in [0.29, 0.717) is 18.0 Å². The lowest BCUT2D eigenvalue weighted by Crippen LogP contribution is -2.30. The highest BCUT2D eigenvalue weighted by molar-refractivity contribution is 5.77. The number of benzene rings is 1. The molecule has 5 heteroatoms. The Hall–Kier alpha value is -2.43. The lowest BCUT2D eigenvalue weighted by molar-refractivity contribution is -0.132. The Morgan fingerprint density at radius 1 is 1.25 bits per heavy atom. The molecule has 0 atom stereocenters. The van der Waals surface area contributed by atoms with Gasteiger partial charge in [0.05, 0.1) is 6.54 Å². The Kier molecular flexibility index (Phi) is 4.30. The number of nitrogens with zero attached hydrogens (tertiary/aromatic N) is 1. The van der Waals surface area contributed by atoms with Crippen LogP contribution in [-0.4, -0.2) is 24.5 Å². The predicted molar refractivity (Wildman–Crippen MR) is 76.3 cm³/mol. The summed E-state index contributed by atoms with van der Waals surface area (Å²) in [5.41, 5.74) is 6.24. The number of likely N-dealkylation sites (N-methyl/N-ethyl adjacent to an activating group) is 1. The second-order valence-electron chi connectivity index (χ2n) is 4.62. The molecule has 0 spiro atoms. The van der Waals surface area contributed by atoms with Crippen molar-refractivity contribution in [1.82, 2.24) is 4.90 Å². The first-order valence-corrected chi connectivity index (χ1v) is 6.32. The molecule has 2 N–H and O–H groups in total. The van der Waals surface area contributed by atoms with Crippen LogP contribution in [0.3, 0.4) is 0 Å². The molecule has 1 heterocycles. The van der Waals surface area contributed by atoms with Crippen molar-refractivity contribution in [2.75, 3.05) is 19.4 Å². The molecule has 1 amide bonds. The predicted octanol–water partition coefficient (Wildman–Crippen LogP) is 2.21. The maximum atomic E-state index is 11.9. The van der Waals surface area contributed by atoms with Crippen molar-refractivity contribution in [2.45, 2.75) is 13.5 Å². The summed E-state index contributed by atoms with van der Waals surface area (Å²) in [6.07, 6.45) is 0. The molecule has 0 bridgehead atoms. The molecular formula is C15H18N2O3. The fourth-order valence-electron chi connectivity index (χ4n) is 1.71. The molecule has 2 rings (SSSR count). The van der Waals surface area contributed by atoms with Crippen molar-refractivity contribution in [2.24, 2.45) is 0 Å². The van der Waals surface area contributed by atoms with Gasteiger partial charge in [-0.15, -0.1) is 0 Å². The quantitative estimate of drug-likeness (QED) is 0.849. The van der Waals surface area contributed by atoms with Crippen LogP contribution in [0.2, 0.25) is 0 Å². The van der Waals surface area contributed by atoms with Crippen molar-refractivity contribution in [3.63, 3.8) is 0 Å². The minimum Gasteiger partial charge on any atom is -0.484 e. The number of nitrogen functional groups attached to an aromatic ring is 1. The van der Waals surface area contributed by atoms with E-state index in [2.05, 4.69) is 0 Å². The van der Waals surface area contributed by atoms with E-state index in [-0.39, 0.29) is 12.5 Å². The highest BCUT2D eigenvalue weighted by Gasteiger charge is 2.11. The number of amides is 1. The highest BCUT2D eigenvalue weighted by atomic mass is 16.5. The molecule has 0 fully saturated rings. The van der Waals surface area contributed by atoms with Gasteiger partial charge in [-0.05, 0) is 43.3 Å². The molecule has 20 heavy (non-hydrogen) atoms. The van der Waals surface area contributed by atoms with Gasteiger partial charge in [0, 0.05) is 12.7 Å². The second-order valence-corrected chi connectivity index (χ2v) is 4.62. The summed E-state index contributed by atoms with van der Waals surface area (Å²) in [6.45, 7) is 2.29. The molecule has 0 aliphatic carbocycles. The van der Waals surface area contributed by atoms with Gasteiger partial charge in [0.25, 0.3) is 5.91 Å². The Morgan fingerprint density at radius 3 is 2.55 bits per heavy atom. The third-order valence-electron chi connectivity index (χ3n) is 2.86. The Bertz CT molecular complexity index is 575. The van der Waals surface area contributed by atoms with Gasteiger partial charge in [0.2, 0.25) is 0 Å². The molecule has 5 nitrogen and oxygen atoms in total. The van der Waals surface area contributed by atoms with E-state index in [4.69, 9.17) is 14.9 Å². The first kappa shape index (κ1) is 14.0. The lowest BCUT2D eigenvalue weighted by atomic mass is 10.3. The second kappa shape index (κ2) is 6.14. The summed E-state index contributed by atoms with van der Waals surface area (Å²) in [5, 5.41) is 0. The Labute approximate surface area is 117 Å². The number of aryl methyl sites for hydroxylation is 1. The zero-order chi connectivity index (χ0) is 14.5. The normalized spacial score (nSPS) is 10.3. The molecule has 0 aliphatic rings. The number of furan rings is 1. The first-order valence-electron chi connectivity index (χ1n) is 6.32. The average molecular weight is 274 g/mol. The standard InChI is InChI=1S/C15H18N2O3/c1-11-3-6-14(20-11)9-17(2)15(18)10-19-13-7-4-12(16)5-8-13/h3-8H,9-10,16H2,1-2H3. The van der Waals surface area contributed by atoms with E-state index in [1.165, 1.54) is 0 Å². The highest BCUT2D eigenvalue weighted by Crippen LogP contribution is 2.13. The summed E-state index contributed by atoms with van der Waals surface area (Å²) < 4.78 is 10.8. The number of nitrogens with two attached hydrogens (primary N) is 1. The average Bonchev–Trinajstić information content (AvgIpc) is 2.83. The third kappa shape index (κ3) is 3.78. The largest absolute Gasteiger partial charge is 0.484 e. The number of carbonyl (C=O) groups is 1. The fourth-order valence-corrected chi connectivity index (χ4v) is 1.71. The van der Waals surface area contributed by atoms with E-state index < -0.39 is 0 Å². The van der Waals surface area contributed by atoms with Gasteiger partial charge < -0.3 is 19.8 Å². The van der Waals surface area contributed by atoms with Gasteiger partial charge in [-0.25, -0.2) is 0 Å². The van der Waals surface area contributed by atoms with Crippen LogP contribution in [0.4, 0.5) is 5.69 Å². The van der Waals surface area contributed by atoms with Crippen LogP contribution < -0.4 is 10.5 Å². The van der Waals surface area contributed by atoms with Gasteiger partial charge in [-0.2, -0.15) is 0 Å². The van der Waals surface area contributed by atoms with Crippen LogP contribution in [0.15, 0.2) is 40.8 Å². The van der Waals surface area contributed by atoms with Crippen molar-refractivity contribution >= 4 is 11.6 Å². The topological polar surface area (TPSA) is 68.7 Å². The number of ether oxygens (including phenoxy) is 1. The summed E-state index contributed by atoms with van der Waals surface area (Å²) in [4.78, 5) is 13.5. The molecule has 2 aromatic rings. The van der Waals surface area contributed by atoms with Crippen LogP contribution in [0.1, 0.15) is 11.5 Å². The molecule has 1 aromatic carbocycles. The van der Waals surface area contributed by atoms with E-state index in [9.17, 15) is 4.79 Å². The Morgan fingerprint density at radius 2 is 1.95 bits per heavy atom. The van der Waals surface area contributed by atoms with Gasteiger partial charge in [0.15, 0.2) is 6.61 Å². The van der Waals surface area contributed by atoms with Gasteiger partial charge >= 0.3 is 0 Å². The molecular weight excluding hydrogens is 256 g/mol. The summed E-state index contributed by atoms with van der Waals surface area (Å²) in [6, 6.07) is 10.7. The maximum Gasteiger partial charge on any atom is 0.260 e. The number of hydrogen-bond acceptors (Lipinski definition) is 4. The summed E-state index contributed by atoms with van der Waals surface area (Å²) >= 11 is 0. The van der Waals surface area contributed by atoms with Crippen LogP contribution in [0.5, 0.6) is 5.75 Å². The van der Waals surface area contributed by atoms with Crippen molar-refractivity contribution in [3.05, 3.63) is 47.9 Å². The van der Waals surface area contributed by atoms with E-state index in [0.717, 1.165) is 11.5 Å². The maximum absolute atomic E-state index is 11.9. The third-order valence-corrected chi connectivity index (χ3v) is 2.86. The fraction of sp³-hybridized carbons (Fsp3) is 0.267. The molecule has 1 aromatic heterocycles. The molecule has 106 valence electrons. The first-order chi connectivity index (χ1) is 9.54. The number of anilines is 1. The number of carbonyl (C=O) groups excluding carboxylic acids is 1. The van der Waals surface area contributed by atoms with Crippen molar-refractivity contribution in [1.29, 1.82) is 0 Å². The van der Waals surface area contributed by atoms with Crippen LogP contribution in [0, 0.1) is 6.92 Å². The van der Waals surface area contributed by atoms with Gasteiger partial charge in [-0.3, -0.25) is 4.79 Å². The minimum absolute atomic E-state index is 0.0138. The summed E-state index contributed by atoms with van der Waals surface area (Å²) in [5.74, 6) is 2.09. The van der Waals surface area contributed by atoms with Crippen LogP contribution >= 0.6 is 0 Å². The van der Waals surface area contributed by atoms with Gasteiger partial charge in [-0.1, -0.05) is 0 Å². The van der Waals surface area contributed by atoms with Gasteiger partial charge in [0.1, 0.15) is 17.3 Å². The van der Waals surface area contributed by atoms with E-state index in [1.807, 2.05) is 19.1 Å². The Balaban J connectivity index is 1.83. The van der Waals surface area contributed by atoms with Crippen molar-refractivity contribution in [3.8, 4) is 5.75 Å². The minimum atomic E-state index is -0.115. The molecule has 0 unspecified atom stereocenters. The SMILES string of the molecule is Cc1ccc(CN(C)C(=O)COc2ccc(N)cc2)o1. The number of rotatable bonds is 5. The lowest BCUT2D eigenvalue weighted by Gasteiger charge is -2.16. The van der Waals surface area contributed by atoms with E-state index in [1.54, 1.807) is 36.2 Å². The molecule has 0 aliphatic heterocycles. The number of hydrogen-bond donors (Lipinski definition) is 1. The van der Waals surface area contributed by atoms with Crippen LogP contribution in [0.25, 0.3) is 0 Å². The smallest absolute Gasteiger partial charge is 0.260 e.